The van der Waals surface area contributed by atoms with Gasteiger partial charge in [-0.15, -0.1) is 0 Å². The topological polar surface area (TPSA) is 69.6 Å². The fraction of sp³-hybridized carbons (Fsp3) is 0. The summed E-state index contributed by atoms with van der Waals surface area (Å²) in [4.78, 5) is 11.7. The summed E-state index contributed by atoms with van der Waals surface area (Å²) in [5.41, 5.74) is 1.00. The predicted molar refractivity (Wildman–Crippen MR) is 62.0 cm³/mol. The molecule has 1 aromatic carbocycles. The third kappa shape index (κ3) is 2.14. The minimum Gasteiger partial charge on any atom is -0.504 e. The van der Waals surface area contributed by atoms with Gasteiger partial charge in [0.25, 0.3) is 5.91 Å². The maximum absolute atomic E-state index is 11.7. The molecule has 2 rings (SSSR count). The number of hydrogen-bond donors (Lipinski definition) is 3. The Morgan fingerprint density at radius 3 is 2.62 bits per heavy atom. The average molecular weight is 235 g/mol. The van der Waals surface area contributed by atoms with Crippen molar-refractivity contribution >= 4 is 22.9 Å². The van der Waals surface area contributed by atoms with Crippen molar-refractivity contribution in [1.29, 1.82) is 0 Å². The second-order valence-corrected chi connectivity index (χ2v) is 3.95. The lowest BCUT2D eigenvalue weighted by Gasteiger charge is -2.04. The highest BCUT2D eigenvalue weighted by atomic mass is 32.1. The summed E-state index contributed by atoms with van der Waals surface area (Å²) in [6, 6.07) is 5.72. The van der Waals surface area contributed by atoms with Crippen molar-refractivity contribution in [3.05, 3.63) is 40.6 Å². The number of thiophene rings is 1. The molecule has 2 aromatic rings. The molecule has 1 aromatic heterocycles. The Bertz CT molecular complexity index is 508. The zero-order valence-corrected chi connectivity index (χ0v) is 8.99. The van der Waals surface area contributed by atoms with E-state index in [1.807, 2.05) is 5.38 Å². The fourth-order valence-electron chi connectivity index (χ4n) is 1.20. The van der Waals surface area contributed by atoms with Crippen LogP contribution in [-0.4, -0.2) is 16.1 Å². The number of phenols is 2. The van der Waals surface area contributed by atoms with Crippen LogP contribution in [0, 0.1) is 0 Å². The van der Waals surface area contributed by atoms with Crippen molar-refractivity contribution in [3.63, 3.8) is 0 Å². The number of benzene rings is 1. The van der Waals surface area contributed by atoms with Gasteiger partial charge in [-0.1, -0.05) is 0 Å². The van der Waals surface area contributed by atoms with E-state index in [0.717, 1.165) is 0 Å². The van der Waals surface area contributed by atoms with Crippen LogP contribution in [0.1, 0.15) is 10.4 Å². The Kier molecular flexibility index (Phi) is 2.78. The van der Waals surface area contributed by atoms with Gasteiger partial charge in [0.15, 0.2) is 11.5 Å². The largest absolute Gasteiger partial charge is 0.504 e. The van der Waals surface area contributed by atoms with Crippen molar-refractivity contribution in [2.24, 2.45) is 0 Å². The second kappa shape index (κ2) is 4.24. The van der Waals surface area contributed by atoms with E-state index in [0.29, 0.717) is 11.3 Å². The van der Waals surface area contributed by atoms with Gasteiger partial charge in [-0.2, -0.15) is 11.3 Å². The molecular weight excluding hydrogens is 226 g/mol. The maximum atomic E-state index is 11.7. The molecule has 0 aliphatic carbocycles. The monoisotopic (exact) mass is 235 g/mol. The quantitative estimate of drug-likeness (QED) is 0.700. The zero-order chi connectivity index (χ0) is 11.5. The summed E-state index contributed by atoms with van der Waals surface area (Å²) in [5, 5.41) is 24.7. The molecule has 0 aliphatic rings. The Labute approximate surface area is 95.8 Å². The fourth-order valence-corrected chi connectivity index (χ4v) is 1.79. The van der Waals surface area contributed by atoms with Gasteiger partial charge < -0.3 is 15.5 Å². The van der Waals surface area contributed by atoms with E-state index in [4.69, 9.17) is 5.11 Å². The minimum atomic E-state index is -0.325. The van der Waals surface area contributed by atoms with Gasteiger partial charge in [-0.05, 0) is 29.6 Å². The van der Waals surface area contributed by atoms with Gasteiger partial charge >= 0.3 is 0 Å². The molecule has 0 spiro atoms. The van der Waals surface area contributed by atoms with Crippen LogP contribution >= 0.6 is 11.3 Å². The highest BCUT2D eigenvalue weighted by molar-refractivity contribution is 7.08. The van der Waals surface area contributed by atoms with Crippen LogP contribution in [0.5, 0.6) is 11.5 Å². The summed E-state index contributed by atoms with van der Waals surface area (Å²) < 4.78 is 0. The summed E-state index contributed by atoms with van der Waals surface area (Å²) in [7, 11) is 0. The van der Waals surface area contributed by atoms with Crippen molar-refractivity contribution in [2.75, 3.05) is 5.32 Å². The Morgan fingerprint density at radius 2 is 2.00 bits per heavy atom. The number of carbonyl (C=O) groups is 1. The molecule has 0 unspecified atom stereocenters. The molecule has 0 atom stereocenters. The van der Waals surface area contributed by atoms with Crippen LogP contribution in [0.3, 0.4) is 0 Å². The van der Waals surface area contributed by atoms with Gasteiger partial charge in [0, 0.05) is 10.9 Å². The van der Waals surface area contributed by atoms with Crippen LogP contribution in [0.2, 0.25) is 0 Å². The lowest BCUT2D eigenvalue weighted by Crippen LogP contribution is -2.10. The molecule has 16 heavy (non-hydrogen) atoms. The third-order valence-electron chi connectivity index (χ3n) is 2.02. The molecule has 0 fully saturated rings. The highest BCUT2D eigenvalue weighted by Crippen LogP contribution is 2.25. The number of amides is 1. The lowest BCUT2D eigenvalue weighted by atomic mass is 10.2. The molecule has 1 heterocycles. The molecule has 0 saturated heterocycles. The SMILES string of the molecule is O=C(Nc1ccsc1)c1ccc(O)c(O)c1. The Hall–Kier alpha value is -2.01. The van der Waals surface area contributed by atoms with Crippen molar-refractivity contribution < 1.29 is 15.0 Å². The molecule has 1 amide bonds. The zero-order valence-electron chi connectivity index (χ0n) is 8.18. The first-order valence-electron chi connectivity index (χ1n) is 4.52. The second-order valence-electron chi connectivity index (χ2n) is 3.17. The summed E-state index contributed by atoms with van der Waals surface area (Å²) in [6.45, 7) is 0. The summed E-state index contributed by atoms with van der Waals surface area (Å²) in [6.07, 6.45) is 0. The molecule has 0 radical (unpaired) electrons. The van der Waals surface area contributed by atoms with Crippen LogP contribution in [-0.2, 0) is 0 Å². The van der Waals surface area contributed by atoms with E-state index in [1.54, 1.807) is 11.4 Å². The van der Waals surface area contributed by atoms with E-state index >= 15 is 0 Å². The molecular formula is C11H9NO3S. The summed E-state index contributed by atoms with van der Waals surface area (Å²) >= 11 is 1.48. The summed E-state index contributed by atoms with van der Waals surface area (Å²) in [5.74, 6) is -0.876. The molecule has 5 heteroatoms. The van der Waals surface area contributed by atoms with E-state index in [2.05, 4.69) is 5.32 Å². The molecule has 0 bridgehead atoms. The van der Waals surface area contributed by atoms with Gasteiger partial charge in [-0.25, -0.2) is 0 Å². The third-order valence-corrected chi connectivity index (χ3v) is 2.70. The first kappa shape index (κ1) is 10.5. The minimum absolute atomic E-state index is 0.243. The van der Waals surface area contributed by atoms with E-state index in [1.165, 1.54) is 29.5 Å². The number of hydrogen-bond acceptors (Lipinski definition) is 4. The number of aromatic hydroxyl groups is 2. The number of phenolic OH excluding ortho intramolecular Hbond substituents is 2. The maximum Gasteiger partial charge on any atom is 0.255 e. The van der Waals surface area contributed by atoms with Gasteiger partial charge in [0.2, 0.25) is 0 Å². The van der Waals surface area contributed by atoms with Gasteiger partial charge in [0.1, 0.15) is 0 Å². The van der Waals surface area contributed by atoms with Crippen molar-refractivity contribution in [3.8, 4) is 11.5 Å². The molecule has 82 valence electrons. The van der Waals surface area contributed by atoms with Crippen LogP contribution < -0.4 is 5.32 Å². The van der Waals surface area contributed by atoms with Crippen LogP contribution in [0.25, 0.3) is 0 Å². The van der Waals surface area contributed by atoms with E-state index < -0.39 is 0 Å². The number of nitrogens with one attached hydrogen (secondary N) is 1. The highest BCUT2D eigenvalue weighted by Gasteiger charge is 2.08. The Balaban J connectivity index is 2.18. The average Bonchev–Trinajstić information content (AvgIpc) is 2.74. The number of rotatable bonds is 2. The lowest BCUT2D eigenvalue weighted by molar-refractivity contribution is 0.102. The molecule has 3 N–H and O–H groups in total. The smallest absolute Gasteiger partial charge is 0.255 e. The number of carbonyl (C=O) groups excluding carboxylic acids is 1. The number of anilines is 1. The van der Waals surface area contributed by atoms with Crippen molar-refractivity contribution in [2.45, 2.75) is 0 Å². The first-order chi connectivity index (χ1) is 7.66. The molecule has 4 nitrogen and oxygen atoms in total. The van der Waals surface area contributed by atoms with Gasteiger partial charge in [0.05, 0.1) is 5.69 Å². The van der Waals surface area contributed by atoms with Crippen LogP contribution in [0.15, 0.2) is 35.0 Å². The van der Waals surface area contributed by atoms with Gasteiger partial charge in [-0.3, -0.25) is 4.79 Å². The van der Waals surface area contributed by atoms with E-state index in [9.17, 15) is 9.90 Å². The molecule has 0 aliphatic heterocycles. The van der Waals surface area contributed by atoms with Crippen molar-refractivity contribution in [1.82, 2.24) is 0 Å². The predicted octanol–water partition coefficient (Wildman–Crippen LogP) is 2.41. The normalized spacial score (nSPS) is 10.0. The van der Waals surface area contributed by atoms with Crippen LogP contribution in [0.4, 0.5) is 5.69 Å². The van der Waals surface area contributed by atoms with E-state index in [-0.39, 0.29) is 17.4 Å². The first-order valence-corrected chi connectivity index (χ1v) is 5.46. The standard InChI is InChI=1S/C11H9NO3S/c13-9-2-1-7(5-10(9)14)11(15)12-8-3-4-16-6-8/h1-6,13-14H,(H,12,15). The Morgan fingerprint density at radius 1 is 1.19 bits per heavy atom. The molecule has 0 saturated carbocycles.